The second kappa shape index (κ2) is 5.23. The maximum absolute atomic E-state index is 13.6. The first-order chi connectivity index (χ1) is 11.1. The van der Waals surface area contributed by atoms with Crippen LogP contribution in [0.1, 0.15) is 39.9 Å². The van der Waals surface area contributed by atoms with Gasteiger partial charge in [0.25, 0.3) is 0 Å². The van der Waals surface area contributed by atoms with Crippen LogP contribution in [0.25, 0.3) is 0 Å². The topological polar surface area (TPSA) is 49.3 Å². The second-order valence-electron chi connectivity index (χ2n) is 6.10. The highest BCUT2D eigenvalue weighted by Crippen LogP contribution is 2.50. The van der Waals surface area contributed by atoms with E-state index >= 15 is 0 Å². The molecule has 2 N–H and O–H groups in total. The van der Waals surface area contributed by atoms with Gasteiger partial charge in [-0.25, -0.2) is 9.18 Å². The molecule has 3 nitrogen and oxygen atoms in total. The molecule has 0 amide bonds. The highest BCUT2D eigenvalue weighted by Gasteiger charge is 2.39. The van der Waals surface area contributed by atoms with E-state index in [4.69, 9.17) is 0 Å². The van der Waals surface area contributed by atoms with E-state index in [-0.39, 0.29) is 23.7 Å². The Balaban J connectivity index is 1.83. The van der Waals surface area contributed by atoms with E-state index < -0.39 is 5.97 Å². The molecule has 0 bridgehead atoms. The highest BCUT2D eigenvalue weighted by molar-refractivity contribution is 5.89. The van der Waals surface area contributed by atoms with E-state index in [1.807, 2.05) is 12.1 Å². The smallest absolute Gasteiger partial charge is 0.336 e. The van der Waals surface area contributed by atoms with Crippen LogP contribution in [-0.2, 0) is 0 Å². The SMILES string of the molecule is O=C(O)c1ccccc1[C@@H]1Nc2ccc(F)cc2[C@@H]2C=CC[C@@H]21. The lowest BCUT2D eigenvalue weighted by molar-refractivity contribution is 0.0694. The van der Waals surface area contributed by atoms with E-state index in [2.05, 4.69) is 17.5 Å². The molecule has 0 saturated carbocycles. The number of carboxylic acid groups (broad SMARTS) is 1. The average Bonchev–Trinajstić information content (AvgIpc) is 3.04. The van der Waals surface area contributed by atoms with Crippen molar-refractivity contribution in [1.82, 2.24) is 0 Å². The van der Waals surface area contributed by atoms with Crippen LogP contribution in [-0.4, -0.2) is 11.1 Å². The number of carbonyl (C=O) groups is 1. The van der Waals surface area contributed by atoms with Crippen LogP contribution in [0.5, 0.6) is 0 Å². The van der Waals surface area contributed by atoms with Crippen molar-refractivity contribution in [2.45, 2.75) is 18.4 Å². The number of carboxylic acids is 1. The predicted octanol–water partition coefficient (Wildman–Crippen LogP) is 4.35. The molecule has 23 heavy (non-hydrogen) atoms. The quantitative estimate of drug-likeness (QED) is 0.811. The first kappa shape index (κ1) is 14.0. The van der Waals surface area contributed by atoms with Gasteiger partial charge in [0, 0.05) is 11.6 Å². The number of nitrogens with one attached hydrogen (secondary N) is 1. The van der Waals surface area contributed by atoms with E-state index in [0.717, 1.165) is 23.2 Å². The molecule has 1 aliphatic carbocycles. The minimum Gasteiger partial charge on any atom is -0.478 e. The fourth-order valence-electron chi connectivity index (χ4n) is 3.84. The third kappa shape index (κ3) is 2.22. The van der Waals surface area contributed by atoms with Crippen molar-refractivity contribution in [1.29, 1.82) is 0 Å². The summed E-state index contributed by atoms with van der Waals surface area (Å²) in [6.45, 7) is 0. The molecule has 4 heteroatoms. The second-order valence-corrected chi connectivity index (χ2v) is 6.10. The number of halogens is 1. The number of benzene rings is 2. The first-order valence-corrected chi connectivity index (χ1v) is 7.70. The average molecular weight is 309 g/mol. The number of aromatic carboxylic acids is 1. The Hall–Kier alpha value is -2.62. The number of hydrogen-bond donors (Lipinski definition) is 2. The van der Waals surface area contributed by atoms with Crippen molar-refractivity contribution in [2.75, 3.05) is 5.32 Å². The Bertz CT molecular complexity index is 815. The van der Waals surface area contributed by atoms with E-state index in [1.165, 1.54) is 6.07 Å². The molecule has 0 radical (unpaired) electrons. The molecule has 116 valence electrons. The number of allylic oxidation sites excluding steroid dienone is 2. The summed E-state index contributed by atoms with van der Waals surface area (Å²) in [6.07, 6.45) is 5.07. The van der Waals surface area contributed by atoms with Crippen LogP contribution < -0.4 is 5.32 Å². The minimum absolute atomic E-state index is 0.0970. The lowest BCUT2D eigenvalue weighted by Gasteiger charge is -2.38. The Morgan fingerprint density at radius 1 is 1.17 bits per heavy atom. The van der Waals surface area contributed by atoms with Crippen LogP contribution in [0, 0.1) is 11.7 Å². The normalized spacial score (nSPS) is 24.7. The molecule has 2 aromatic rings. The van der Waals surface area contributed by atoms with Crippen LogP contribution in [0.3, 0.4) is 0 Å². The molecule has 0 spiro atoms. The van der Waals surface area contributed by atoms with Crippen molar-refractivity contribution in [3.63, 3.8) is 0 Å². The Kier molecular flexibility index (Phi) is 3.18. The molecule has 1 aliphatic heterocycles. The molecule has 4 rings (SSSR count). The summed E-state index contributed by atoms with van der Waals surface area (Å²) in [5, 5.41) is 12.9. The molecule has 2 aliphatic rings. The van der Waals surface area contributed by atoms with Gasteiger partial charge in [0.15, 0.2) is 0 Å². The lowest BCUT2D eigenvalue weighted by atomic mass is 9.76. The van der Waals surface area contributed by atoms with Crippen LogP contribution in [0.4, 0.5) is 10.1 Å². The largest absolute Gasteiger partial charge is 0.478 e. The van der Waals surface area contributed by atoms with Gasteiger partial charge in [0.05, 0.1) is 11.6 Å². The summed E-state index contributed by atoms with van der Waals surface area (Å²) in [7, 11) is 0. The summed E-state index contributed by atoms with van der Waals surface area (Å²) in [5.74, 6) is -0.845. The summed E-state index contributed by atoms with van der Waals surface area (Å²) in [6, 6.07) is 11.8. The Morgan fingerprint density at radius 2 is 2.00 bits per heavy atom. The fraction of sp³-hybridized carbons (Fsp3) is 0.211. The van der Waals surface area contributed by atoms with Crippen molar-refractivity contribution in [3.05, 3.63) is 77.1 Å². The highest BCUT2D eigenvalue weighted by atomic mass is 19.1. The number of anilines is 1. The number of rotatable bonds is 2. The van der Waals surface area contributed by atoms with Gasteiger partial charge in [0.1, 0.15) is 5.82 Å². The van der Waals surface area contributed by atoms with Gasteiger partial charge in [-0.05, 0) is 47.7 Å². The standard InChI is InChI=1S/C19H16FNO2/c20-11-8-9-17-16(10-11)12-6-3-7-13(12)18(21-17)14-4-1-2-5-15(14)19(22)23/h1-6,8-10,12-13,18,21H,7H2,(H,22,23)/t12-,13+,18-/m1/s1. The number of fused-ring (bicyclic) bond motifs is 3. The van der Waals surface area contributed by atoms with Gasteiger partial charge < -0.3 is 10.4 Å². The van der Waals surface area contributed by atoms with Crippen molar-refractivity contribution < 1.29 is 14.3 Å². The van der Waals surface area contributed by atoms with Crippen LogP contribution in [0.15, 0.2) is 54.6 Å². The van der Waals surface area contributed by atoms with E-state index in [0.29, 0.717) is 5.56 Å². The van der Waals surface area contributed by atoms with E-state index in [1.54, 1.807) is 24.3 Å². The van der Waals surface area contributed by atoms with Crippen molar-refractivity contribution in [2.24, 2.45) is 5.92 Å². The fourth-order valence-corrected chi connectivity index (χ4v) is 3.84. The lowest BCUT2D eigenvalue weighted by Crippen LogP contribution is -2.30. The van der Waals surface area contributed by atoms with Gasteiger partial charge in [-0.3, -0.25) is 0 Å². The Labute approximate surface area is 133 Å². The van der Waals surface area contributed by atoms with Crippen molar-refractivity contribution >= 4 is 11.7 Å². The Morgan fingerprint density at radius 3 is 2.83 bits per heavy atom. The molecule has 0 fully saturated rings. The zero-order valence-corrected chi connectivity index (χ0v) is 12.4. The molecule has 0 saturated heterocycles. The van der Waals surface area contributed by atoms with Crippen LogP contribution >= 0.6 is 0 Å². The zero-order valence-electron chi connectivity index (χ0n) is 12.4. The first-order valence-electron chi connectivity index (χ1n) is 7.70. The third-order valence-electron chi connectivity index (χ3n) is 4.85. The van der Waals surface area contributed by atoms with Gasteiger partial charge in [-0.15, -0.1) is 0 Å². The third-order valence-corrected chi connectivity index (χ3v) is 4.85. The molecule has 1 heterocycles. The molecular weight excluding hydrogens is 293 g/mol. The molecule has 2 aromatic carbocycles. The van der Waals surface area contributed by atoms with E-state index in [9.17, 15) is 14.3 Å². The molecule has 0 aromatic heterocycles. The zero-order chi connectivity index (χ0) is 16.0. The number of hydrogen-bond acceptors (Lipinski definition) is 2. The van der Waals surface area contributed by atoms with Crippen LogP contribution in [0.2, 0.25) is 0 Å². The predicted molar refractivity (Wildman–Crippen MR) is 86.2 cm³/mol. The molecular formula is C19H16FNO2. The maximum Gasteiger partial charge on any atom is 0.336 e. The van der Waals surface area contributed by atoms with Gasteiger partial charge in [0.2, 0.25) is 0 Å². The summed E-state index contributed by atoms with van der Waals surface area (Å²) < 4.78 is 13.6. The monoisotopic (exact) mass is 309 g/mol. The summed E-state index contributed by atoms with van der Waals surface area (Å²) >= 11 is 0. The minimum atomic E-state index is -0.921. The molecule has 0 unspecified atom stereocenters. The maximum atomic E-state index is 13.6. The van der Waals surface area contributed by atoms with Gasteiger partial charge >= 0.3 is 5.97 Å². The summed E-state index contributed by atoms with van der Waals surface area (Å²) in [5.41, 5.74) is 2.94. The van der Waals surface area contributed by atoms with Crippen molar-refractivity contribution in [3.8, 4) is 0 Å². The molecule has 3 atom stereocenters. The summed E-state index contributed by atoms with van der Waals surface area (Å²) in [4.78, 5) is 11.6. The van der Waals surface area contributed by atoms with Gasteiger partial charge in [-0.2, -0.15) is 0 Å². The van der Waals surface area contributed by atoms with Gasteiger partial charge in [-0.1, -0.05) is 30.4 Å².